The van der Waals surface area contributed by atoms with Crippen LogP contribution in [0.1, 0.15) is 60.3 Å². The lowest BCUT2D eigenvalue weighted by Crippen LogP contribution is -2.59. The summed E-state index contributed by atoms with van der Waals surface area (Å²) in [4.78, 5) is 12.0. The van der Waals surface area contributed by atoms with E-state index in [0.717, 1.165) is 12.8 Å². The fourth-order valence-corrected chi connectivity index (χ4v) is 2.76. The van der Waals surface area contributed by atoms with Gasteiger partial charge in [0.2, 0.25) is 0 Å². The maximum Gasteiger partial charge on any atom is 0.408 e. The van der Waals surface area contributed by atoms with Crippen LogP contribution in [-0.2, 0) is 4.74 Å². The van der Waals surface area contributed by atoms with Gasteiger partial charge in [-0.15, -0.1) is 0 Å². The molecule has 20 heavy (non-hydrogen) atoms. The standard InChI is InChI=1S/C15H29N3O2/c1-10(2)11-6-8-15(9-7-11,12(16)17)18-13(19)20-14(3,4)5/h10-11H,6-9H2,1-5H3,(H3,16,17)(H,18,19). The monoisotopic (exact) mass is 283 g/mol. The predicted octanol–water partition coefficient (Wildman–Crippen LogP) is 3.03. The molecule has 0 bridgehead atoms. The molecule has 0 saturated heterocycles. The van der Waals surface area contributed by atoms with E-state index < -0.39 is 17.2 Å². The fraction of sp³-hybridized carbons (Fsp3) is 0.867. The molecule has 0 aliphatic heterocycles. The first kappa shape index (κ1) is 16.8. The van der Waals surface area contributed by atoms with Crippen molar-refractivity contribution < 1.29 is 9.53 Å². The Labute approximate surface area is 122 Å². The van der Waals surface area contributed by atoms with E-state index in [2.05, 4.69) is 19.2 Å². The molecule has 1 amide bonds. The Kier molecular flexibility index (Phi) is 5.05. The van der Waals surface area contributed by atoms with Crippen LogP contribution in [0.25, 0.3) is 0 Å². The second-order valence-corrected chi connectivity index (χ2v) is 7.20. The number of amides is 1. The molecule has 1 aliphatic rings. The van der Waals surface area contributed by atoms with Crippen LogP contribution in [0.2, 0.25) is 0 Å². The Hall–Kier alpha value is -1.26. The van der Waals surface area contributed by atoms with E-state index >= 15 is 0 Å². The number of hydrogen-bond donors (Lipinski definition) is 3. The van der Waals surface area contributed by atoms with E-state index in [1.165, 1.54) is 0 Å². The third kappa shape index (κ3) is 4.39. The van der Waals surface area contributed by atoms with Crippen molar-refractivity contribution in [2.75, 3.05) is 0 Å². The minimum absolute atomic E-state index is 0.0329. The minimum atomic E-state index is -0.728. The molecule has 5 nitrogen and oxygen atoms in total. The smallest absolute Gasteiger partial charge is 0.408 e. The van der Waals surface area contributed by atoms with Crippen LogP contribution in [0.5, 0.6) is 0 Å². The van der Waals surface area contributed by atoms with E-state index in [4.69, 9.17) is 15.9 Å². The van der Waals surface area contributed by atoms with Crippen LogP contribution in [0.3, 0.4) is 0 Å². The van der Waals surface area contributed by atoms with Crippen LogP contribution in [0.4, 0.5) is 4.79 Å². The average molecular weight is 283 g/mol. The molecule has 4 N–H and O–H groups in total. The molecule has 0 aromatic carbocycles. The Bertz CT molecular complexity index is 364. The summed E-state index contributed by atoms with van der Waals surface area (Å²) in [7, 11) is 0. The van der Waals surface area contributed by atoms with E-state index in [9.17, 15) is 4.79 Å². The molecular weight excluding hydrogens is 254 g/mol. The van der Waals surface area contributed by atoms with E-state index in [1.54, 1.807) is 0 Å². The zero-order valence-electron chi connectivity index (χ0n) is 13.4. The number of alkyl carbamates (subject to hydrolysis) is 1. The lowest BCUT2D eigenvalue weighted by molar-refractivity contribution is 0.0452. The quantitative estimate of drug-likeness (QED) is 0.549. The molecule has 1 fully saturated rings. The van der Waals surface area contributed by atoms with Crippen molar-refractivity contribution in [3.8, 4) is 0 Å². The van der Waals surface area contributed by atoms with Gasteiger partial charge in [-0.2, -0.15) is 0 Å². The summed E-state index contributed by atoms with van der Waals surface area (Å²) in [6.45, 7) is 9.90. The number of rotatable bonds is 3. The summed E-state index contributed by atoms with van der Waals surface area (Å²) in [6, 6.07) is 0. The summed E-state index contributed by atoms with van der Waals surface area (Å²) < 4.78 is 5.29. The van der Waals surface area contributed by atoms with Crippen molar-refractivity contribution in [1.82, 2.24) is 5.32 Å². The molecule has 0 heterocycles. The van der Waals surface area contributed by atoms with Crippen LogP contribution < -0.4 is 11.1 Å². The van der Waals surface area contributed by atoms with Gasteiger partial charge >= 0.3 is 6.09 Å². The number of hydrogen-bond acceptors (Lipinski definition) is 3. The number of amidine groups is 1. The molecule has 0 atom stereocenters. The Morgan fingerprint density at radius 2 is 1.85 bits per heavy atom. The zero-order chi connectivity index (χ0) is 15.6. The van der Waals surface area contributed by atoms with Gasteiger partial charge in [0.1, 0.15) is 17.0 Å². The highest BCUT2D eigenvalue weighted by Crippen LogP contribution is 2.36. The van der Waals surface area contributed by atoms with Crippen LogP contribution in [0, 0.1) is 17.2 Å². The van der Waals surface area contributed by atoms with Crippen molar-refractivity contribution in [2.45, 2.75) is 71.4 Å². The molecule has 0 spiro atoms. The number of carbonyl (C=O) groups excluding carboxylic acids is 1. The molecular formula is C15H29N3O2. The van der Waals surface area contributed by atoms with Gasteiger partial charge in [-0.1, -0.05) is 13.8 Å². The second-order valence-electron chi connectivity index (χ2n) is 7.20. The Morgan fingerprint density at radius 1 is 1.35 bits per heavy atom. The van der Waals surface area contributed by atoms with Crippen molar-refractivity contribution in [3.05, 3.63) is 0 Å². The summed E-state index contributed by atoms with van der Waals surface area (Å²) >= 11 is 0. The van der Waals surface area contributed by atoms with Crippen molar-refractivity contribution in [2.24, 2.45) is 17.6 Å². The fourth-order valence-electron chi connectivity index (χ4n) is 2.76. The molecule has 1 saturated carbocycles. The first-order chi connectivity index (χ1) is 9.06. The lowest BCUT2D eigenvalue weighted by Gasteiger charge is -2.41. The summed E-state index contributed by atoms with van der Waals surface area (Å²) in [5, 5.41) is 10.7. The minimum Gasteiger partial charge on any atom is -0.444 e. The van der Waals surface area contributed by atoms with Gasteiger partial charge in [-0.05, 0) is 58.3 Å². The van der Waals surface area contributed by atoms with Gasteiger partial charge in [0.05, 0.1) is 0 Å². The first-order valence-electron chi connectivity index (χ1n) is 7.41. The van der Waals surface area contributed by atoms with Crippen molar-refractivity contribution >= 4 is 11.9 Å². The maximum absolute atomic E-state index is 12.0. The van der Waals surface area contributed by atoms with Crippen molar-refractivity contribution in [3.63, 3.8) is 0 Å². The van der Waals surface area contributed by atoms with Gasteiger partial charge in [0.25, 0.3) is 0 Å². The highest BCUT2D eigenvalue weighted by atomic mass is 16.6. The third-order valence-corrected chi connectivity index (χ3v) is 4.08. The molecule has 116 valence electrons. The molecule has 0 aromatic heterocycles. The van der Waals surface area contributed by atoms with Gasteiger partial charge in [-0.25, -0.2) is 4.79 Å². The predicted molar refractivity (Wildman–Crippen MR) is 80.8 cm³/mol. The molecule has 5 heteroatoms. The normalized spacial score (nSPS) is 27.2. The number of carbonyl (C=O) groups is 1. The Balaban J connectivity index is 2.71. The molecule has 1 rings (SSSR count). The van der Waals surface area contributed by atoms with E-state index in [0.29, 0.717) is 24.7 Å². The number of nitrogens with one attached hydrogen (secondary N) is 2. The third-order valence-electron chi connectivity index (χ3n) is 4.08. The summed E-state index contributed by atoms with van der Waals surface area (Å²) in [5.41, 5.74) is 4.48. The first-order valence-corrected chi connectivity index (χ1v) is 7.41. The maximum atomic E-state index is 12.0. The van der Waals surface area contributed by atoms with Crippen molar-refractivity contribution in [1.29, 1.82) is 5.41 Å². The summed E-state index contributed by atoms with van der Waals surface area (Å²) in [5.74, 6) is 1.30. The molecule has 1 aliphatic carbocycles. The van der Waals surface area contributed by atoms with Gasteiger partial charge in [-0.3, -0.25) is 5.41 Å². The number of ether oxygens (including phenoxy) is 1. The van der Waals surface area contributed by atoms with Crippen LogP contribution in [-0.4, -0.2) is 23.1 Å². The van der Waals surface area contributed by atoms with Crippen LogP contribution in [0.15, 0.2) is 0 Å². The zero-order valence-corrected chi connectivity index (χ0v) is 13.4. The SMILES string of the molecule is CC(C)C1CCC(NC(=O)OC(C)(C)C)(C(=N)N)CC1. The molecule has 0 radical (unpaired) electrons. The topological polar surface area (TPSA) is 88.2 Å². The summed E-state index contributed by atoms with van der Waals surface area (Å²) in [6.07, 6.45) is 2.89. The van der Waals surface area contributed by atoms with Gasteiger partial charge in [0.15, 0.2) is 0 Å². The van der Waals surface area contributed by atoms with Gasteiger partial charge in [0, 0.05) is 0 Å². The van der Waals surface area contributed by atoms with Crippen LogP contribution >= 0.6 is 0 Å². The molecule has 0 unspecified atom stereocenters. The lowest BCUT2D eigenvalue weighted by atomic mass is 9.72. The highest BCUT2D eigenvalue weighted by molar-refractivity contribution is 5.90. The highest BCUT2D eigenvalue weighted by Gasteiger charge is 2.41. The van der Waals surface area contributed by atoms with Gasteiger partial charge < -0.3 is 15.8 Å². The Morgan fingerprint density at radius 3 is 2.20 bits per heavy atom. The van der Waals surface area contributed by atoms with E-state index in [1.807, 2.05) is 20.8 Å². The largest absolute Gasteiger partial charge is 0.444 e. The molecule has 0 aromatic rings. The van der Waals surface area contributed by atoms with E-state index in [-0.39, 0.29) is 5.84 Å². The average Bonchev–Trinajstić information content (AvgIpc) is 2.26. The second kappa shape index (κ2) is 6.02. The number of nitrogens with two attached hydrogens (primary N) is 1.